The summed E-state index contributed by atoms with van der Waals surface area (Å²) in [4.78, 5) is 33.1. The van der Waals surface area contributed by atoms with Gasteiger partial charge in [-0.1, -0.05) is 5.92 Å². The molecule has 0 aromatic carbocycles. The van der Waals surface area contributed by atoms with Crippen LogP contribution < -0.4 is 5.32 Å². The van der Waals surface area contributed by atoms with Crippen molar-refractivity contribution in [3.63, 3.8) is 0 Å². The second kappa shape index (κ2) is 8.24. The fourth-order valence-corrected chi connectivity index (χ4v) is 3.20. The Labute approximate surface area is 167 Å². The Kier molecular flexibility index (Phi) is 5.75. The topological polar surface area (TPSA) is 121 Å². The van der Waals surface area contributed by atoms with Gasteiger partial charge in [-0.25, -0.2) is 4.98 Å². The van der Waals surface area contributed by atoms with Crippen molar-refractivity contribution >= 4 is 17.4 Å². The molecule has 0 unspecified atom stereocenters. The molecule has 3 heterocycles. The van der Waals surface area contributed by atoms with Crippen LogP contribution in [0.1, 0.15) is 34.5 Å². The molecule has 29 heavy (non-hydrogen) atoms. The summed E-state index contributed by atoms with van der Waals surface area (Å²) in [5, 5.41) is 24.9. The highest BCUT2D eigenvalue weighted by atomic mass is 16.6. The molecule has 0 spiro atoms. The molecule has 0 aliphatic carbocycles. The van der Waals surface area contributed by atoms with Gasteiger partial charge in [0.1, 0.15) is 0 Å². The number of amides is 1. The standard InChI is InChI=1S/C20H21N5O4/c1-3-15-10-16(12-21-11-15)19(26)24-8-6-20(27,7-9-24)13-22-18-17(25(28)29)5-4-14(2)23-18/h1,4-5,10-12,27H,6-9,13H2,2H3,(H,22,23). The van der Waals surface area contributed by atoms with Gasteiger partial charge in [-0.05, 0) is 31.9 Å². The van der Waals surface area contributed by atoms with E-state index in [2.05, 4.69) is 21.2 Å². The van der Waals surface area contributed by atoms with Crippen molar-refractivity contribution < 1.29 is 14.8 Å². The van der Waals surface area contributed by atoms with Crippen LogP contribution in [0.5, 0.6) is 0 Å². The molecule has 9 heteroatoms. The summed E-state index contributed by atoms with van der Waals surface area (Å²) in [6.07, 6.45) is 8.98. The highest BCUT2D eigenvalue weighted by molar-refractivity contribution is 5.94. The van der Waals surface area contributed by atoms with Gasteiger partial charge in [0.15, 0.2) is 0 Å². The van der Waals surface area contributed by atoms with E-state index in [-0.39, 0.29) is 24.0 Å². The summed E-state index contributed by atoms with van der Waals surface area (Å²) >= 11 is 0. The molecule has 0 bridgehead atoms. The number of aryl methyl sites for hydroxylation is 1. The number of aromatic nitrogens is 2. The number of rotatable bonds is 5. The zero-order chi connectivity index (χ0) is 21.0. The fraction of sp³-hybridized carbons (Fsp3) is 0.350. The number of carbonyl (C=O) groups excluding carboxylic acids is 1. The number of aliphatic hydroxyl groups is 1. The van der Waals surface area contributed by atoms with Crippen molar-refractivity contribution in [1.82, 2.24) is 14.9 Å². The molecule has 1 amide bonds. The largest absolute Gasteiger partial charge is 0.388 e. The van der Waals surface area contributed by atoms with E-state index in [1.165, 1.54) is 18.5 Å². The van der Waals surface area contributed by atoms with Gasteiger partial charge in [-0.3, -0.25) is 19.9 Å². The number of pyridine rings is 2. The average Bonchev–Trinajstić information content (AvgIpc) is 2.72. The van der Waals surface area contributed by atoms with E-state index in [4.69, 9.17) is 6.42 Å². The number of hydrogen-bond donors (Lipinski definition) is 2. The van der Waals surface area contributed by atoms with Gasteiger partial charge in [0.2, 0.25) is 5.82 Å². The van der Waals surface area contributed by atoms with Crippen molar-refractivity contribution in [3.8, 4) is 12.3 Å². The van der Waals surface area contributed by atoms with Crippen LogP contribution in [0.25, 0.3) is 0 Å². The first-order chi connectivity index (χ1) is 13.8. The third-order valence-electron chi connectivity index (χ3n) is 4.93. The van der Waals surface area contributed by atoms with Gasteiger partial charge in [-0.2, -0.15) is 0 Å². The Hall–Kier alpha value is -3.51. The molecule has 0 radical (unpaired) electrons. The van der Waals surface area contributed by atoms with Crippen LogP contribution in [0.4, 0.5) is 11.5 Å². The Morgan fingerprint density at radius 1 is 1.41 bits per heavy atom. The molecule has 2 aromatic rings. The van der Waals surface area contributed by atoms with Crippen molar-refractivity contribution in [3.05, 3.63) is 57.5 Å². The molecular formula is C20H21N5O4. The Morgan fingerprint density at radius 2 is 2.14 bits per heavy atom. The minimum absolute atomic E-state index is 0.0977. The minimum atomic E-state index is -1.10. The number of nitrogens with zero attached hydrogens (tertiary/aromatic N) is 4. The number of carbonyl (C=O) groups is 1. The summed E-state index contributed by atoms with van der Waals surface area (Å²) in [5.74, 6) is 2.38. The lowest BCUT2D eigenvalue weighted by molar-refractivity contribution is -0.384. The van der Waals surface area contributed by atoms with E-state index in [1.54, 1.807) is 24.0 Å². The van der Waals surface area contributed by atoms with Crippen LogP contribution in [-0.2, 0) is 0 Å². The van der Waals surface area contributed by atoms with Gasteiger partial charge < -0.3 is 15.3 Å². The van der Waals surface area contributed by atoms with Crippen molar-refractivity contribution in [2.45, 2.75) is 25.4 Å². The van der Waals surface area contributed by atoms with Gasteiger partial charge in [0.05, 0.1) is 16.1 Å². The maximum absolute atomic E-state index is 12.7. The van der Waals surface area contributed by atoms with Crippen molar-refractivity contribution in [1.29, 1.82) is 0 Å². The minimum Gasteiger partial charge on any atom is -0.388 e. The predicted molar refractivity (Wildman–Crippen MR) is 106 cm³/mol. The summed E-state index contributed by atoms with van der Waals surface area (Å²) in [5.41, 5.74) is 0.320. The smallest absolute Gasteiger partial charge is 0.311 e. The Bertz CT molecular complexity index is 977. The van der Waals surface area contributed by atoms with Crippen LogP contribution >= 0.6 is 0 Å². The maximum atomic E-state index is 12.7. The second-order valence-electron chi connectivity index (χ2n) is 7.05. The molecule has 1 aliphatic rings. The van der Waals surface area contributed by atoms with Crippen LogP contribution in [0.15, 0.2) is 30.6 Å². The molecule has 0 atom stereocenters. The van der Waals surface area contributed by atoms with E-state index in [0.717, 1.165) is 0 Å². The first-order valence-corrected chi connectivity index (χ1v) is 9.10. The number of nitrogens with one attached hydrogen (secondary N) is 1. The lowest BCUT2D eigenvalue weighted by Crippen LogP contribution is -2.50. The summed E-state index contributed by atoms with van der Waals surface area (Å²) in [6, 6.07) is 4.56. The molecule has 2 aromatic heterocycles. The maximum Gasteiger partial charge on any atom is 0.311 e. The molecule has 3 rings (SSSR count). The third kappa shape index (κ3) is 4.67. The molecule has 0 saturated carbocycles. The lowest BCUT2D eigenvalue weighted by Gasteiger charge is -2.38. The van der Waals surface area contributed by atoms with Crippen molar-refractivity contribution in [2.75, 3.05) is 25.0 Å². The second-order valence-corrected chi connectivity index (χ2v) is 7.05. The van der Waals surface area contributed by atoms with E-state index < -0.39 is 10.5 Å². The van der Waals surface area contributed by atoms with Crippen LogP contribution in [0.3, 0.4) is 0 Å². The molecular weight excluding hydrogens is 374 g/mol. The summed E-state index contributed by atoms with van der Waals surface area (Å²) in [7, 11) is 0. The molecule has 1 aliphatic heterocycles. The van der Waals surface area contributed by atoms with E-state index in [0.29, 0.717) is 42.8 Å². The van der Waals surface area contributed by atoms with Crippen LogP contribution in [-0.4, -0.2) is 56.0 Å². The molecule has 2 N–H and O–H groups in total. The zero-order valence-corrected chi connectivity index (χ0v) is 16.0. The quantitative estimate of drug-likeness (QED) is 0.449. The average molecular weight is 395 g/mol. The third-order valence-corrected chi connectivity index (χ3v) is 4.93. The van der Waals surface area contributed by atoms with Gasteiger partial charge in [0.25, 0.3) is 5.91 Å². The highest BCUT2D eigenvalue weighted by Crippen LogP contribution is 2.27. The van der Waals surface area contributed by atoms with Crippen molar-refractivity contribution in [2.24, 2.45) is 0 Å². The summed E-state index contributed by atoms with van der Waals surface area (Å²) in [6.45, 7) is 2.53. The highest BCUT2D eigenvalue weighted by Gasteiger charge is 2.34. The normalized spacial score (nSPS) is 15.4. The lowest BCUT2D eigenvalue weighted by atomic mass is 9.91. The van der Waals surface area contributed by atoms with Gasteiger partial charge in [0, 0.05) is 49.4 Å². The number of anilines is 1. The van der Waals surface area contributed by atoms with E-state index in [9.17, 15) is 20.0 Å². The van der Waals surface area contributed by atoms with E-state index >= 15 is 0 Å². The Balaban J connectivity index is 1.62. The number of piperidine rings is 1. The fourth-order valence-electron chi connectivity index (χ4n) is 3.20. The number of nitro groups is 1. The molecule has 1 saturated heterocycles. The number of terminal acetylenes is 1. The first-order valence-electron chi connectivity index (χ1n) is 9.10. The van der Waals surface area contributed by atoms with E-state index in [1.807, 2.05) is 0 Å². The zero-order valence-electron chi connectivity index (χ0n) is 16.0. The number of hydrogen-bond acceptors (Lipinski definition) is 7. The predicted octanol–water partition coefficient (Wildman–Crippen LogP) is 1.75. The van der Waals surface area contributed by atoms with Gasteiger partial charge in [-0.15, -0.1) is 6.42 Å². The van der Waals surface area contributed by atoms with Gasteiger partial charge >= 0.3 is 5.69 Å². The summed E-state index contributed by atoms with van der Waals surface area (Å²) < 4.78 is 0. The molecule has 1 fully saturated rings. The first kappa shape index (κ1) is 20.2. The van der Waals surface area contributed by atoms with Crippen LogP contribution in [0.2, 0.25) is 0 Å². The number of likely N-dealkylation sites (tertiary alicyclic amines) is 1. The molecule has 150 valence electrons. The van der Waals surface area contributed by atoms with Crippen LogP contribution in [0, 0.1) is 29.4 Å². The SMILES string of the molecule is C#Cc1cncc(C(=O)N2CCC(O)(CNc3nc(C)ccc3[N+](=O)[O-])CC2)c1. The Morgan fingerprint density at radius 3 is 2.79 bits per heavy atom. The molecule has 9 nitrogen and oxygen atoms in total. The monoisotopic (exact) mass is 395 g/mol.